The van der Waals surface area contributed by atoms with E-state index in [4.69, 9.17) is 9.97 Å². The van der Waals surface area contributed by atoms with Gasteiger partial charge in [-0.2, -0.15) is 0 Å². The van der Waals surface area contributed by atoms with Gasteiger partial charge in [0.25, 0.3) is 5.91 Å². The first-order valence-electron chi connectivity index (χ1n) is 10.4. The Morgan fingerprint density at radius 3 is 2.47 bits per heavy atom. The van der Waals surface area contributed by atoms with E-state index in [2.05, 4.69) is 17.1 Å². The van der Waals surface area contributed by atoms with Gasteiger partial charge < -0.3 is 10.2 Å². The number of fused-ring (bicyclic) bond motifs is 1. The summed E-state index contributed by atoms with van der Waals surface area (Å²) >= 11 is 0. The lowest BCUT2D eigenvalue weighted by atomic mass is 10.1. The normalized spacial score (nSPS) is 16.8. The quantitative estimate of drug-likeness (QED) is 0.668. The topological polar surface area (TPSA) is 58.1 Å². The Bertz CT molecular complexity index is 1090. The molecule has 0 spiro atoms. The van der Waals surface area contributed by atoms with E-state index in [-0.39, 0.29) is 17.3 Å². The Morgan fingerprint density at radius 2 is 1.83 bits per heavy atom. The van der Waals surface area contributed by atoms with Gasteiger partial charge in [0.2, 0.25) is 0 Å². The Hall–Kier alpha value is -3.02. The number of nitrogens with zero attached hydrogens (tertiary/aromatic N) is 3. The molecular weight excluding hydrogens is 379 g/mol. The summed E-state index contributed by atoms with van der Waals surface area (Å²) in [5.41, 5.74) is 3.19. The van der Waals surface area contributed by atoms with Gasteiger partial charge in [0.1, 0.15) is 11.5 Å². The highest BCUT2D eigenvalue weighted by atomic mass is 19.1. The van der Waals surface area contributed by atoms with E-state index in [9.17, 15) is 9.18 Å². The van der Waals surface area contributed by atoms with Gasteiger partial charge >= 0.3 is 0 Å². The van der Waals surface area contributed by atoms with Gasteiger partial charge in [-0.1, -0.05) is 0 Å². The lowest BCUT2D eigenvalue weighted by Gasteiger charge is -2.25. The second-order valence-corrected chi connectivity index (χ2v) is 8.99. The first-order chi connectivity index (χ1) is 14.2. The van der Waals surface area contributed by atoms with Crippen LogP contribution in [0.15, 0.2) is 42.5 Å². The van der Waals surface area contributed by atoms with Crippen molar-refractivity contribution in [1.29, 1.82) is 0 Å². The van der Waals surface area contributed by atoms with Crippen LogP contribution in [0.4, 0.5) is 10.2 Å². The van der Waals surface area contributed by atoms with E-state index in [0.29, 0.717) is 22.6 Å². The summed E-state index contributed by atoms with van der Waals surface area (Å²) in [6, 6.07) is 12.1. The highest BCUT2D eigenvalue weighted by Gasteiger charge is 2.26. The summed E-state index contributed by atoms with van der Waals surface area (Å²) in [5.74, 6) is 0.371. The minimum atomic E-state index is -0.319. The minimum Gasteiger partial charge on any atom is -0.352 e. The van der Waals surface area contributed by atoms with Crippen LogP contribution in [-0.4, -0.2) is 34.0 Å². The number of halogens is 1. The summed E-state index contributed by atoms with van der Waals surface area (Å²) in [4.78, 5) is 24.7. The number of anilines is 1. The number of amides is 1. The molecule has 1 aliphatic rings. The fourth-order valence-electron chi connectivity index (χ4n) is 3.85. The summed E-state index contributed by atoms with van der Waals surface area (Å²) in [6.45, 7) is 8.94. The van der Waals surface area contributed by atoms with Crippen LogP contribution < -0.4 is 10.2 Å². The first-order valence-corrected chi connectivity index (χ1v) is 10.4. The SMILES string of the molecule is CC1CCCN1c1nc2cc(C(=O)NC(C)(C)C)ccc2nc1-c1ccc(F)cc1. The first kappa shape index (κ1) is 20.3. The van der Waals surface area contributed by atoms with Crippen LogP contribution in [0.3, 0.4) is 0 Å². The lowest BCUT2D eigenvalue weighted by molar-refractivity contribution is 0.0919. The molecule has 2 heterocycles. The van der Waals surface area contributed by atoms with Gasteiger partial charge in [0.15, 0.2) is 5.82 Å². The lowest BCUT2D eigenvalue weighted by Crippen LogP contribution is -2.40. The number of nitrogens with one attached hydrogen (secondary N) is 1. The molecule has 1 aliphatic heterocycles. The van der Waals surface area contributed by atoms with Gasteiger partial charge in [0.05, 0.1) is 11.0 Å². The van der Waals surface area contributed by atoms with Crippen LogP contribution in [0.5, 0.6) is 0 Å². The van der Waals surface area contributed by atoms with Crippen molar-refractivity contribution in [1.82, 2.24) is 15.3 Å². The molecule has 1 amide bonds. The predicted octanol–water partition coefficient (Wildman–Crippen LogP) is 4.95. The molecule has 2 aromatic carbocycles. The van der Waals surface area contributed by atoms with Crippen LogP contribution in [0.1, 0.15) is 50.9 Å². The van der Waals surface area contributed by atoms with Crippen molar-refractivity contribution < 1.29 is 9.18 Å². The zero-order valence-electron chi connectivity index (χ0n) is 17.9. The molecule has 4 rings (SSSR count). The molecule has 0 aliphatic carbocycles. The second-order valence-electron chi connectivity index (χ2n) is 8.99. The molecule has 1 fully saturated rings. The maximum Gasteiger partial charge on any atom is 0.251 e. The Morgan fingerprint density at radius 1 is 1.10 bits per heavy atom. The molecule has 1 aromatic heterocycles. The molecule has 0 bridgehead atoms. The standard InChI is InChI=1S/C24H27FN4O/c1-15-6-5-13-29(15)22-21(16-7-10-18(25)11-8-16)26-19-12-9-17(14-20(19)27-22)23(30)28-24(2,3)4/h7-12,14-15H,5-6,13H2,1-4H3,(H,28,30). The van der Waals surface area contributed by atoms with E-state index in [1.807, 2.05) is 26.8 Å². The van der Waals surface area contributed by atoms with E-state index >= 15 is 0 Å². The summed E-state index contributed by atoms with van der Waals surface area (Å²) in [6.07, 6.45) is 2.19. The van der Waals surface area contributed by atoms with E-state index < -0.39 is 0 Å². The molecule has 5 nitrogen and oxygen atoms in total. The van der Waals surface area contributed by atoms with Crippen molar-refractivity contribution in [2.24, 2.45) is 0 Å². The highest BCUT2D eigenvalue weighted by Crippen LogP contribution is 2.34. The Balaban J connectivity index is 1.83. The number of benzene rings is 2. The molecule has 1 unspecified atom stereocenters. The van der Waals surface area contributed by atoms with Gasteiger partial charge in [-0.15, -0.1) is 0 Å². The van der Waals surface area contributed by atoms with E-state index in [1.54, 1.807) is 24.3 Å². The molecule has 30 heavy (non-hydrogen) atoms. The molecule has 1 N–H and O–H groups in total. The van der Waals surface area contributed by atoms with Crippen molar-refractivity contribution in [3.8, 4) is 11.3 Å². The van der Waals surface area contributed by atoms with Crippen molar-refractivity contribution in [3.05, 3.63) is 53.8 Å². The average molecular weight is 407 g/mol. The maximum atomic E-state index is 13.5. The maximum absolute atomic E-state index is 13.5. The molecule has 3 aromatic rings. The van der Waals surface area contributed by atoms with E-state index in [1.165, 1.54) is 12.1 Å². The minimum absolute atomic E-state index is 0.134. The number of carbonyl (C=O) groups excluding carboxylic acids is 1. The van der Waals surface area contributed by atoms with Crippen molar-refractivity contribution in [2.75, 3.05) is 11.4 Å². The van der Waals surface area contributed by atoms with Crippen LogP contribution in [-0.2, 0) is 0 Å². The molecule has 6 heteroatoms. The van der Waals surface area contributed by atoms with Crippen LogP contribution >= 0.6 is 0 Å². The summed E-state index contributed by atoms with van der Waals surface area (Å²) in [7, 11) is 0. The van der Waals surface area contributed by atoms with Crippen LogP contribution in [0, 0.1) is 5.82 Å². The predicted molar refractivity (Wildman–Crippen MR) is 118 cm³/mol. The third-order valence-electron chi connectivity index (χ3n) is 5.34. The van der Waals surface area contributed by atoms with Gasteiger partial charge in [0, 0.05) is 29.3 Å². The smallest absolute Gasteiger partial charge is 0.251 e. The Labute approximate surface area is 176 Å². The summed E-state index contributed by atoms with van der Waals surface area (Å²) < 4.78 is 13.5. The monoisotopic (exact) mass is 406 g/mol. The molecule has 0 radical (unpaired) electrons. The molecule has 156 valence electrons. The molecule has 0 saturated carbocycles. The van der Waals surface area contributed by atoms with Gasteiger partial charge in [-0.05, 0) is 83.0 Å². The fourth-order valence-corrected chi connectivity index (χ4v) is 3.85. The number of carbonyl (C=O) groups is 1. The second kappa shape index (κ2) is 7.67. The van der Waals surface area contributed by atoms with Gasteiger partial charge in [-0.25, -0.2) is 14.4 Å². The van der Waals surface area contributed by atoms with Crippen LogP contribution in [0.25, 0.3) is 22.3 Å². The number of hydrogen-bond acceptors (Lipinski definition) is 4. The van der Waals surface area contributed by atoms with E-state index in [0.717, 1.165) is 36.5 Å². The number of hydrogen-bond donors (Lipinski definition) is 1. The molecule has 1 atom stereocenters. The van der Waals surface area contributed by atoms with Gasteiger partial charge in [-0.3, -0.25) is 4.79 Å². The largest absolute Gasteiger partial charge is 0.352 e. The fraction of sp³-hybridized carbons (Fsp3) is 0.375. The average Bonchev–Trinajstić information content (AvgIpc) is 3.11. The zero-order valence-corrected chi connectivity index (χ0v) is 17.9. The number of aromatic nitrogens is 2. The molecule has 1 saturated heterocycles. The Kier molecular flexibility index (Phi) is 5.18. The summed E-state index contributed by atoms with van der Waals surface area (Å²) in [5, 5.41) is 2.99. The third-order valence-corrected chi connectivity index (χ3v) is 5.34. The zero-order chi connectivity index (χ0) is 21.5. The van der Waals surface area contributed by atoms with Crippen molar-refractivity contribution in [3.63, 3.8) is 0 Å². The molecular formula is C24H27FN4O. The highest BCUT2D eigenvalue weighted by molar-refractivity contribution is 5.98. The van der Waals surface area contributed by atoms with Crippen LogP contribution in [0.2, 0.25) is 0 Å². The van der Waals surface area contributed by atoms with Crippen molar-refractivity contribution >= 4 is 22.8 Å². The third kappa shape index (κ3) is 4.13. The van der Waals surface area contributed by atoms with Crippen molar-refractivity contribution in [2.45, 2.75) is 52.1 Å². The number of rotatable bonds is 3.